The van der Waals surface area contributed by atoms with Crippen LogP contribution in [0.2, 0.25) is 0 Å². The first-order valence-electron chi connectivity index (χ1n) is 8.37. The molecule has 0 heterocycles. The Kier molecular flexibility index (Phi) is 6.08. The summed E-state index contributed by atoms with van der Waals surface area (Å²) in [5.74, 6) is -2.44. The second-order valence-corrected chi connectivity index (χ2v) is 6.84. The van der Waals surface area contributed by atoms with E-state index in [0.29, 0.717) is 5.69 Å². The molecule has 0 aliphatic carbocycles. The molecule has 6 nitrogen and oxygen atoms in total. The van der Waals surface area contributed by atoms with E-state index in [4.69, 9.17) is 5.73 Å². The SMILES string of the molecule is NC(=O)c1ccccc1NC(=O)C(=O)Nc1ccccc1Sc1ccccc1. The van der Waals surface area contributed by atoms with Crippen molar-refractivity contribution in [1.29, 1.82) is 0 Å². The van der Waals surface area contributed by atoms with Crippen LogP contribution in [0.5, 0.6) is 0 Å². The molecular formula is C21H17N3O3S. The smallest absolute Gasteiger partial charge is 0.314 e. The highest BCUT2D eigenvalue weighted by molar-refractivity contribution is 7.99. The van der Waals surface area contributed by atoms with E-state index in [9.17, 15) is 14.4 Å². The summed E-state index contributed by atoms with van der Waals surface area (Å²) in [6.45, 7) is 0. The third-order valence-electron chi connectivity index (χ3n) is 3.75. The molecule has 0 aliphatic heterocycles. The molecule has 0 saturated heterocycles. The van der Waals surface area contributed by atoms with Crippen LogP contribution in [-0.2, 0) is 9.59 Å². The molecule has 140 valence electrons. The molecular weight excluding hydrogens is 374 g/mol. The number of hydrogen-bond acceptors (Lipinski definition) is 4. The maximum atomic E-state index is 12.4. The van der Waals surface area contributed by atoms with Crippen molar-refractivity contribution in [3.05, 3.63) is 84.4 Å². The van der Waals surface area contributed by atoms with Gasteiger partial charge < -0.3 is 16.4 Å². The largest absolute Gasteiger partial charge is 0.366 e. The summed E-state index contributed by atoms with van der Waals surface area (Å²) in [5, 5.41) is 5.03. The quantitative estimate of drug-likeness (QED) is 0.579. The van der Waals surface area contributed by atoms with Gasteiger partial charge in [-0.3, -0.25) is 14.4 Å². The summed E-state index contributed by atoms with van der Waals surface area (Å²) in [6.07, 6.45) is 0. The van der Waals surface area contributed by atoms with Gasteiger partial charge in [0.2, 0.25) is 0 Å². The zero-order valence-electron chi connectivity index (χ0n) is 14.7. The number of anilines is 2. The van der Waals surface area contributed by atoms with Crippen LogP contribution < -0.4 is 16.4 Å². The van der Waals surface area contributed by atoms with Crippen LogP contribution in [0.3, 0.4) is 0 Å². The Morgan fingerprint density at radius 2 is 1.21 bits per heavy atom. The second kappa shape index (κ2) is 8.88. The summed E-state index contributed by atoms with van der Waals surface area (Å²) in [6, 6.07) is 23.1. The van der Waals surface area contributed by atoms with Gasteiger partial charge in [0.15, 0.2) is 0 Å². The molecule has 0 atom stereocenters. The fraction of sp³-hybridized carbons (Fsp3) is 0. The fourth-order valence-corrected chi connectivity index (χ4v) is 3.36. The number of carbonyl (C=O) groups excluding carboxylic acids is 3. The number of para-hydroxylation sites is 2. The second-order valence-electron chi connectivity index (χ2n) is 5.73. The summed E-state index contributed by atoms with van der Waals surface area (Å²) >= 11 is 1.47. The van der Waals surface area contributed by atoms with Crippen molar-refractivity contribution in [2.24, 2.45) is 5.73 Å². The molecule has 4 N–H and O–H groups in total. The molecule has 3 amide bonds. The lowest BCUT2D eigenvalue weighted by atomic mass is 10.1. The van der Waals surface area contributed by atoms with Gasteiger partial charge >= 0.3 is 11.8 Å². The maximum Gasteiger partial charge on any atom is 0.314 e. The molecule has 0 radical (unpaired) electrons. The Morgan fingerprint density at radius 1 is 0.679 bits per heavy atom. The molecule has 28 heavy (non-hydrogen) atoms. The highest BCUT2D eigenvalue weighted by Crippen LogP contribution is 2.33. The van der Waals surface area contributed by atoms with Crippen LogP contribution in [0.4, 0.5) is 11.4 Å². The lowest BCUT2D eigenvalue weighted by Crippen LogP contribution is -2.30. The van der Waals surface area contributed by atoms with Crippen molar-refractivity contribution < 1.29 is 14.4 Å². The van der Waals surface area contributed by atoms with Gasteiger partial charge in [0.25, 0.3) is 5.91 Å². The van der Waals surface area contributed by atoms with Crippen LogP contribution in [0.25, 0.3) is 0 Å². The predicted octanol–water partition coefficient (Wildman–Crippen LogP) is 3.51. The highest BCUT2D eigenvalue weighted by atomic mass is 32.2. The highest BCUT2D eigenvalue weighted by Gasteiger charge is 2.18. The number of amides is 3. The number of nitrogens with two attached hydrogens (primary N) is 1. The fourth-order valence-electron chi connectivity index (χ4n) is 2.44. The van der Waals surface area contributed by atoms with Gasteiger partial charge in [0.1, 0.15) is 0 Å². The summed E-state index contributed by atoms with van der Waals surface area (Å²) in [7, 11) is 0. The van der Waals surface area contributed by atoms with Gasteiger partial charge in [0.05, 0.1) is 16.9 Å². The zero-order chi connectivity index (χ0) is 19.9. The van der Waals surface area contributed by atoms with E-state index in [1.165, 1.54) is 23.9 Å². The molecule has 3 aromatic carbocycles. The monoisotopic (exact) mass is 391 g/mol. The Hall–Kier alpha value is -3.58. The maximum absolute atomic E-state index is 12.4. The molecule has 0 spiro atoms. The summed E-state index contributed by atoms with van der Waals surface area (Å²) in [4.78, 5) is 37.9. The molecule has 0 bridgehead atoms. The topological polar surface area (TPSA) is 101 Å². The normalized spacial score (nSPS) is 10.1. The molecule has 0 saturated carbocycles. The number of benzene rings is 3. The third-order valence-corrected chi connectivity index (χ3v) is 4.84. The van der Waals surface area contributed by atoms with E-state index in [0.717, 1.165) is 9.79 Å². The zero-order valence-corrected chi connectivity index (χ0v) is 15.5. The van der Waals surface area contributed by atoms with Crippen molar-refractivity contribution in [1.82, 2.24) is 0 Å². The van der Waals surface area contributed by atoms with Crippen molar-refractivity contribution in [2.75, 3.05) is 10.6 Å². The first-order valence-corrected chi connectivity index (χ1v) is 9.19. The molecule has 0 fully saturated rings. The average molecular weight is 391 g/mol. The molecule has 7 heteroatoms. The van der Waals surface area contributed by atoms with Gasteiger partial charge in [0, 0.05) is 9.79 Å². The van der Waals surface area contributed by atoms with Gasteiger partial charge in [-0.1, -0.05) is 54.2 Å². The van der Waals surface area contributed by atoms with E-state index < -0.39 is 17.7 Å². The number of rotatable bonds is 5. The van der Waals surface area contributed by atoms with E-state index in [1.54, 1.807) is 24.3 Å². The minimum Gasteiger partial charge on any atom is -0.366 e. The Balaban J connectivity index is 1.73. The number of nitrogens with one attached hydrogen (secondary N) is 2. The van der Waals surface area contributed by atoms with Crippen LogP contribution in [0, 0.1) is 0 Å². The molecule has 3 rings (SSSR count). The molecule has 0 aliphatic rings. The average Bonchev–Trinajstić information content (AvgIpc) is 2.70. The van der Waals surface area contributed by atoms with Crippen molar-refractivity contribution in [2.45, 2.75) is 9.79 Å². The third kappa shape index (κ3) is 4.77. The van der Waals surface area contributed by atoms with Gasteiger partial charge in [-0.25, -0.2) is 0 Å². The Morgan fingerprint density at radius 3 is 1.89 bits per heavy atom. The first-order chi connectivity index (χ1) is 13.5. The van der Waals surface area contributed by atoms with Gasteiger partial charge in [-0.2, -0.15) is 0 Å². The Bertz CT molecular complexity index is 1020. The molecule has 0 unspecified atom stereocenters. The lowest BCUT2D eigenvalue weighted by molar-refractivity contribution is -0.133. The van der Waals surface area contributed by atoms with Crippen LogP contribution >= 0.6 is 11.8 Å². The van der Waals surface area contributed by atoms with E-state index in [2.05, 4.69) is 10.6 Å². The molecule has 0 aromatic heterocycles. The van der Waals surface area contributed by atoms with Crippen molar-refractivity contribution >= 4 is 40.9 Å². The molecule has 3 aromatic rings. The van der Waals surface area contributed by atoms with E-state index in [-0.39, 0.29) is 11.3 Å². The van der Waals surface area contributed by atoms with Crippen molar-refractivity contribution in [3.8, 4) is 0 Å². The van der Waals surface area contributed by atoms with Gasteiger partial charge in [-0.15, -0.1) is 0 Å². The number of primary amides is 1. The lowest BCUT2D eigenvalue weighted by Gasteiger charge is -2.12. The standard InChI is InChI=1S/C21H17N3O3S/c22-19(25)15-10-4-5-11-16(15)23-20(26)21(27)24-17-12-6-7-13-18(17)28-14-8-2-1-3-9-14/h1-13H,(H2,22,25)(H,23,26)(H,24,27). The van der Waals surface area contributed by atoms with Crippen LogP contribution in [0.15, 0.2) is 88.7 Å². The number of carbonyl (C=O) groups is 3. The van der Waals surface area contributed by atoms with Crippen molar-refractivity contribution in [3.63, 3.8) is 0 Å². The first kappa shape index (κ1) is 19.2. The minimum absolute atomic E-state index is 0.128. The van der Waals surface area contributed by atoms with E-state index in [1.807, 2.05) is 42.5 Å². The van der Waals surface area contributed by atoms with Crippen LogP contribution in [0.1, 0.15) is 10.4 Å². The summed E-state index contributed by atoms with van der Waals surface area (Å²) in [5.41, 5.74) is 6.11. The van der Waals surface area contributed by atoms with Crippen LogP contribution in [-0.4, -0.2) is 17.7 Å². The minimum atomic E-state index is -0.895. The number of hydrogen-bond donors (Lipinski definition) is 3. The summed E-state index contributed by atoms with van der Waals surface area (Å²) < 4.78 is 0. The van der Waals surface area contributed by atoms with E-state index >= 15 is 0 Å². The van der Waals surface area contributed by atoms with Gasteiger partial charge in [-0.05, 0) is 36.4 Å². The Labute approximate surface area is 166 Å². The predicted molar refractivity (Wildman–Crippen MR) is 109 cm³/mol.